The topological polar surface area (TPSA) is 20.3 Å². The molecule has 0 N–H and O–H groups in total. The number of nitrogens with zero attached hydrogens (tertiary/aromatic N) is 1. The van der Waals surface area contributed by atoms with Gasteiger partial charge in [-0.25, -0.2) is 0 Å². The van der Waals surface area contributed by atoms with Crippen LogP contribution in [-0.4, -0.2) is 17.9 Å². The van der Waals surface area contributed by atoms with Crippen LogP contribution in [0.15, 0.2) is 48.5 Å². The first-order valence-electron chi connectivity index (χ1n) is 6.59. The number of hydrogen-bond acceptors (Lipinski definition) is 1. The van der Waals surface area contributed by atoms with Gasteiger partial charge in [-0.05, 0) is 24.1 Å². The van der Waals surface area contributed by atoms with Gasteiger partial charge in [0.25, 0.3) is 0 Å². The summed E-state index contributed by atoms with van der Waals surface area (Å²) in [6.45, 7) is 2.57. The number of benzene rings is 2. The van der Waals surface area contributed by atoms with Gasteiger partial charge in [-0.3, -0.25) is 4.79 Å². The molecular formula is C17H18ClNO. The minimum atomic E-state index is 0.0915. The first kappa shape index (κ1) is 14.6. The zero-order valence-electron chi connectivity index (χ0n) is 11.8. The molecule has 104 valence electrons. The number of rotatable bonds is 4. The smallest absolute Gasteiger partial charge is 0.227 e. The first-order valence-corrected chi connectivity index (χ1v) is 6.97. The van der Waals surface area contributed by atoms with E-state index in [-0.39, 0.29) is 5.91 Å². The van der Waals surface area contributed by atoms with E-state index in [1.807, 2.05) is 55.5 Å². The monoisotopic (exact) mass is 287 g/mol. The van der Waals surface area contributed by atoms with Crippen molar-refractivity contribution in [2.24, 2.45) is 0 Å². The van der Waals surface area contributed by atoms with Gasteiger partial charge in [0.05, 0.1) is 6.42 Å². The van der Waals surface area contributed by atoms with Gasteiger partial charge in [-0.15, -0.1) is 0 Å². The summed E-state index contributed by atoms with van der Waals surface area (Å²) in [6, 6.07) is 15.6. The summed E-state index contributed by atoms with van der Waals surface area (Å²) >= 11 is 6.11. The highest BCUT2D eigenvalue weighted by molar-refractivity contribution is 6.31. The van der Waals surface area contributed by atoms with Crippen molar-refractivity contribution < 1.29 is 4.79 Å². The van der Waals surface area contributed by atoms with Gasteiger partial charge in [0.15, 0.2) is 0 Å². The molecule has 20 heavy (non-hydrogen) atoms. The number of amides is 1. The molecule has 0 heterocycles. The van der Waals surface area contributed by atoms with Crippen LogP contribution in [0.1, 0.15) is 16.7 Å². The molecule has 0 fully saturated rings. The van der Waals surface area contributed by atoms with Gasteiger partial charge in [0.2, 0.25) is 5.91 Å². The second-order valence-corrected chi connectivity index (χ2v) is 5.41. The summed E-state index contributed by atoms with van der Waals surface area (Å²) < 4.78 is 0. The Morgan fingerprint density at radius 2 is 1.75 bits per heavy atom. The number of hydrogen-bond donors (Lipinski definition) is 0. The molecule has 2 aromatic rings. The van der Waals surface area contributed by atoms with Gasteiger partial charge in [-0.1, -0.05) is 59.6 Å². The molecule has 0 aromatic heterocycles. The molecule has 2 rings (SSSR count). The summed E-state index contributed by atoms with van der Waals surface area (Å²) in [6.07, 6.45) is 0.418. The fourth-order valence-corrected chi connectivity index (χ4v) is 2.18. The molecule has 2 aromatic carbocycles. The Labute approximate surface area is 125 Å². The SMILES string of the molecule is Cc1ccc(CC(=O)N(C)Cc2ccccc2Cl)cc1. The van der Waals surface area contributed by atoms with Gasteiger partial charge >= 0.3 is 0 Å². The van der Waals surface area contributed by atoms with Crippen LogP contribution in [0.4, 0.5) is 0 Å². The molecule has 0 saturated heterocycles. The van der Waals surface area contributed by atoms with E-state index in [2.05, 4.69) is 0 Å². The Balaban J connectivity index is 1.99. The Morgan fingerprint density at radius 3 is 2.40 bits per heavy atom. The van der Waals surface area contributed by atoms with Crippen molar-refractivity contribution in [3.05, 3.63) is 70.2 Å². The summed E-state index contributed by atoms with van der Waals surface area (Å²) in [5.74, 6) is 0.0915. The van der Waals surface area contributed by atoms with E-state index in [0.717, 1.165) is 11.1 Å². The minimum Gasteiger partial charge on any atom is -0.341 e. The third kappa shape index (κ3) is 3.84. The molecular weight excluding hydrogens is 270 g/mol. The number of halogens is 1. The van der Waals surface area contributed by atoms with Crippen molar-refractivity contribution >= 4 is 17.5 Å². The van der Waals surface area contributed by atoms with Crippen LogP contribution < -0.4 is 0 Å². The van der Waals surface area contributed by atoms with Crippen LogP contribution in [0.25, 0.3) is 0 Å². The van der Waals surface area contributed by atoms with Crippen molar-refractivity contribution in [2.75, 3.05) is 7.05 Å². The molecule has 0 bridgehead atoms. The number of likely N-dealkylation sites (N-methyl/N-ethyl adjacent to an activating group) is 1. The average Bonchev–Trinajstić information content (AvgIpc) is 2.44. The highest BCUT2D eigenvalue weighted by atomic mass is 35.5. The fourth-order valence-electron chi connectivity index (χ4n) is 1.99. The molecule has 0 aliphatic heterocycles. The summed E-state index contributed by atoms with van der Waals surface area (Å²) in [5, 5.41) is 0.697. The van der Waals surface area contributed by atoms with Gasteiger partial charge in [-0.2, -0.15) is 0 Å². The van der Waals surface area contributed by atoms with E-state index >= 15 is 0 Å². The largest absolute Gasteiger partial charge is 0.341 e. The van der Waals surface area contributed by atoms with Crippen molar-refractivity contribution in [2.45, 2.75) is 19.9 Å². The van der Waals surface area contributed by atoms with Gasteiger partial charge < -0.3 is 4.90 Å². The number of aryl methyl sites for hydroxylation is 1. The second-order valence-electron chi connectivity index (χ2n) is 5.00. The van der Waals surface area contributed by atoms with Crippen LogP contribution in [0.5, 0.6) is 0 Å². The Morgan fingerprint density at radius 1 is 1.10 bits per heavy atom. The van der Waals surface area contributed by atoms with Crippen molar-refractivity contribution in [1.29, 1.82) is 0 Å². The normalized spacial score (nSPS) is 10.3. The van der Waals surface area contributed by atoms with Crippen molar-refractivity contribution in [3.63, 3.8) is 0 Å². The van der Waals surface area contributed by atoms with E-state index in [1.165, 1.54) is 5.56 Å². The quantitative estimate of drug-likeness (QED) is 0.836. The van der Waals surface area contributed by atoms with E-state index in [0.29, 0.717) is 18.0 Å². The lowest BCUT2D eigenvalue weighted by Crippen LogP contribution is -2.27. The van der Waals surface area contributed by atoms with Crippen LogP contribution in [-0.2, 0) is 17.8 Å². The summed E-state index contributed by atoms with van der Waals surface area (Å²) in [4.78, 5) is 13.9. The lowest BCUT2D eigenvalue weighted by atomic mass is 10.1. The molecule has 3 heteroatoms. The first-order chi connectivity index (χ1) is 9.56. The molecule has 0 unspecified atom stereocenters. The highest BCUT2D eigenvalue weighted by Crippen LogP contribution is 2.17. The molecule has 0 spiro atoms. The predicted molar refractivity (Wildman–Crippen MR) is 82.8 cm³/mol. The third-order valence-electron chi connectivity index (χ3n) is 3.27. The molecule has 1 amide bonds. The maximum Gasteiger partial charge on any atom is 0.227 e. The fraction of sp³-hybridized carbons (Fsp3) is 0.235. The lowest BCUT2D eigenvalue weighted by molar-refractivity contribution is -0.129. The van der Waals surface area contributed by atoms with Crippen LogP contribution in [0, 0.1) is 6.92 Å². The van der Waals surface area contributed by atoms with Crippen LogP contribution in [0.3, 0.4) is 0 Å². The lowest BCUT2D eigenvalue weighted by Gasteiger charge is -2.18. The van der Waals surface area contributed by atoms with Crippen LogP contribution in [0.2, 0.25) is 5.02 Å². The Bertz CT molecular complexity index is 592. The maximum atomic E-state index is 12.2. The predicted octanol–water partition coefficient (Wildman–Crippen LogP) is 3.85. The van der Waals surface area contributed by atoms with E-state index in [1.54, 1.807) is 11.9 Å². The highest BCUT2D eigenvalue weighted by Gasteiger charge is 2.11. The zero-order valence-corrected chi connectivity index (χ0v) is 12.5. The summed E-state index contributed by atoms with van der Waals surface area (Å²) in [5.41, 5.74) is 3.20. The molecule has 0 saturated carbocycles. The second kappa shape index (κ2) is 6.58. The molecule has 0 atom stereocenters. The number of carbonyl (C=O) groups is 1. The molecule has 0 aliphatic rings. The Hall–Kier alpha value is -1.80. The van der Waals surface area contributed by atoms with Crippen molar-refractivity contribution in [3.8, 4) is 0 Å². The average molecular weight is 288 g/mol. The third-order valence-corrected chi connectivity index (χ3v) is 3.64. The minimum absolute atomic E-state index is 0.0915. The van der Waals surface area contributed by atoms with Crippen molar-refractivity contribution in [1.82, 2.24) is 4.90 Å². The zero-order chi connectivity index (χ0) is 14.5. The van der Waals surface area contributed by atoms with E-state index in [9.17, 15) is 4.79 Å². The number of carbonyl (C=O) groups excluding carboxylic acids is 1. The molecule has 2 nitrogen and oxygen atoms in total. The Kier molecular flexibility index (Phi) is 4.80. The maximum absolute atomic E-state index is 12.2. The molecule has 0 radical (unpaired) electrons. The van der Waals surface area contributed by atoms with Gasteiger partial charge in [0.1, 0.15) is 0 Å². The van der Waals surface area contributed by atoms with E-state index in [4.69, 9.17) is 11.6 Å². The van der Waals surface area contributed by atoms with Gasteiger partial charge in [0, 0.05) is 18.6 Å². The summed E-state index contributed by atoms with van der Waals surface area (Å²) in [7, 11) is 1.81. The van der Waals surface area contributed by atoms with Crippen LogP contribution >= 0.6 is 11.6 Å². The molecule has 0 aliphatic carbocycles. The van der Waals surface area contributed by atoms with E-state index < -0.39 is 0 Å². The standard InChI is InChI=1S/C17H18ClNO/c1-13-7-9-14(10-8-13)11-17(20)19(2)12-15-5-3-4-6-16(15)18/h3-10H,11-12H2,1-2H3.